The van der Waals surface area contributed by atoms with E-state index >= 15 is 0 Å². The van der Waals surface area contributed by atoms with Gasteiger partial charge in [-0.25, -0.2) is 0 Å². The zero-order valence-electron chi connectivity index (χ0n) is 51.7. The molecule has 0 N–H and O–H groups in total. The minimum atomic E-state index is -0.778. The van der Waals surface area contributed by atoms with Crippen LogP contribution in [0.25, 0.3) is 0 Å². The van der Waals surface area contributed by atoms with Crippen molar-refractivity contribution < 1.29 is 28.6 Å². The Morgan fingerprint density at radius 3 is 0.808 bits per heavy atom. The van der Waals surface area contributed by atoms with Crippen molar-refractivity contribution in [1.82, 2.24) is 0 Å². The molecule has 1 atom stereocenters. The van der Waals surface area contributed by atoms with Gasteiger partial charge in [0.2, 0.25) is 0 Å². The molecule has 6 heteroatoms. The molecule has 0 saturated carbocycles. The second kappa shape index (κ2) is 66.1. The highest BCUT2D eigenvalue weighted by Gasteiger charge is 2.19. The molecule has 0 aromatic heterocycles. The number of hydrogen-bond acceptors (Lipinski definition) is 6. The third-order valence-corrected chi connectivity index (χ3v) is 14.6. The Labute approximate surface area is 484 Å². The number of rotatable bonds is 61. The molecule has 0 aromatic rings. The quantitative estimate of drug-likeness (QED) is 0.0261. The summed E-state index contributed by atoms with van der Waals surface area (Å²) >= 11 is 0. The smallest absolute Gasteiger partial charge is 0.306 e. The van der Waals surface area contributed by atoms with Crippen molar-refractivity contribution >= 4 is 17.9 Å². The fraction of sp³-hybridized carbons (Fsp3) is 0.764. The van der Waals surface area contributed by atoms with Crippen LogP contribution in [0.1, 0.15) is 335 Å². The molecule has 78 heavy (non-hydrogen) atoms. The third-order valence-electron chi connectivity index (χ3n) is 14.6. The zero-order valence-corrected chi connectivity index (χ0v) is 51.7. The Hall–Kier alpha value is -3.41. The summed E-state index contributed by atoms with van der Waals surface area (Å²) in [4.78, 5) is 38.0. The molecular weight excluding hydrogens is 961 g/mol. The summed E-state index contributed by atoms with van der Waals surface area (Å²) in [7, 11) is 0. The summed E-state index contributed by atoms with van der Waals surface area (Å²) in [5.41, 5.74) is 0. The summed E-state index contributed by atoms with van der Waals surface area (Å²) in [5.74, 6) is -0.886. The second-order valence-electron chi connectivity index (χ2n) is 22.4. The lowest BCUT2D eigenvalue weighted by Gasteiger charge is -2.18. The number of carbonyl (C=O) groups is 3. The standard InChI is InChI=1S/C72H126O6/c1-4-7-10-13-16-18-20-22-24-26-28-29-30-31-32-33-34-35-36-37-38-39-40-41-42-43-45-46-48-50-52-54-56-59-62-65-71(74)77-68-69(67-76-70(73)64-61-58-15-12-9-6-3)78-72(75)66-63-60-57-55-53-51-49-47-44-27-25-23-21-19-17-14-11-8-5-2/h7,10,16-19,22-25,28-29,44,47,69H,4-6,8-9,11-15,20-21,26-27,30-43,45-46,48-68H2,1-3H3/b10-7-,18-16-,19-17-,24-22-,25-23-,29-28-,47-44-. The molecule has 0 bridgehead atoms. The number of allylic oxidation sites excluding steroid dienone is 14. The minimum absolute atomic E-state index is 0.0774. The Morgan fingerprint density at radius 2 is 0.500 bits per heavy atom. The first-order valence-corrected chi connectivity index (χ1v) is 33.6. The fourth-order valence-corrected chi connectivity index (χ4v) is 9.62. The average molecular weight is 1090 g/mol. The summed E-state index contributed by atoms with van der Waals surface area (Å²) in [5, 5.41) is 0. The van der Waals surface area contributed by atoms with Crippen LogP contribution in [0, 0.1) is 0 Å². The Kier molecular flexibility index (Phi) is 63.2. The molecule has 0 amide bonds. The first-order chi connectivity index (χ1) is 38.5. The van der Waals surface area contributed by atoms with Gasteiger partial charge in [-0.2, -0.15) is 0 Å². The van der Waals surface area contributed by atoms with Crippen molar-refractivity contribution in [2.45, 2.75) is 341 Å². The van der Waals surface area contributed by atoms with E-state index in [2.05, 4.69) is 106 Å². The minimum Gasteiger partial charge on any atom is -0.462 e. The van der Waals surface area contributed by atoms with Crippen LogP contribution in [-0.4, -0.2) is 37.2 Å². The van der Waals surface area contributed by atoms with Gasteiger partial charge in [0.05, 0.1) is 0 Å². The number of carbonyl (C=O) groups excluding carboxylic acids is 3. The normalized spacial score (nSPS) is 12.6. The van der Waals surface area contributed by atoms with Gasteiger partial charge < -0.3 is 14.2 Å². The van der Waals surface area contributed by atoms with Crippen molar-refractivity contribution in [3.8, 4) is 0 Å². The summed E-state index contributed by atoms with van der Waals surface area (Å²) in [6.07, 6.45) is 87.9. The van der Waals surface area contributed by atoms with Crippen molar-refractivity contribution in [2.24, 2.45) is 0 Å². The monoisotopic (exact) mass is 1090 g/mol. The van der Waals surface area contributed by atoms with Crippen LogP contribution in [-0.2, 0) is 28.6 Å². The maximum atomic E-state index is 12.8. The van der Waals surface area contributed by atoms with Gasteiger partial charge in [-0.05, 0) is 96.3 Å². The van der Waals surface area contributed by atoms with Gasteiger partial charge in [0.25, 0.3) is 0 Å². The first-order valence-electron chi connectivity index (χ1n) is 33.6. The summed E-state index contributed by atoms with van der Waals surface area (Å²) in [6.45, 7) is 6.46. The molecule has 0 aliphatic carbocycles. The van der Waals surface area contributed by atoms with Gasteiger partial charge in [0.15, 0.2) is 6.10 Å². The van der Waals surface area contributed by atoms with Gasteiger partial charge in [-0.1, -0.05) is 305 Å². The van der Waals surface area contributed by atoms with Crippen LogP contribution >= 0.6 is 0 Å². The van der Waals surface area contributed by atoms with Gasteiger partial charge in [0, 0.05) is 19.3 Å². The highest BCUT2D eigenvalue weighted by Crippen LogP contribution is 2.17. The van der Waals surface area contributed by atoms with E-state index in [4.69, 9.17) is 14.2 Å². The van der Waals surface area contributed by atoms with Crippen LogP contribution in [0.15, 0.2) is 85.1 Å². The highest BCUT2D eigenvalue weighted by atomic mass is 16.6. The molecule has 0 radical (unpaired) electrons. The Bertz CT molecular complexity index is 1480. The van der Waals surface area contributed by atoms with Gasteiger partial charge >= 0.3 is 17.9 Å². The van der Waals surface area contributed by atoms with Gasteiger partial charge in [-0.15, -0.1) is 0 Å². The SMILES string of the molecule is CC/C=C\C/C=C\C/C=C\C/C=C\CCCCCCCCCCCCCCCCCCCCCCCCC(=O)OCC(COC(=O)CCCCCCCC)OC(=O)CCCCCCCC/C=C\C/C=C\C/C=C\CCCCC. The molecule has 6 nitrogen and oxygen atoms in total. The predicted octanol–water partition coefficient (Wildman–Crippen LogP) is 23.1. The second-order valence-corrected chi connectivity index (χ2v) is 22.4. The molecule has 0 saturated heterocycles. The highest BCUT2D eigenvalue weighted by molar-refractivity contribution is 5.71. The predicted molar refractivity (Wildman–Crippen MR) is 339 cm³/mol. The van der Waals surface area contributed by atoms with Crippen molar-refractivity contribution in [3.05, 3.63) is 85.1 Å². The lowest BCUT2D eigenvalue weighted by atomic mass is 10.0. The molecule has 0 aliphatic heterocycles. The lowest BCUT2D eigenvalue weighted by Crippen LogP contribution is -2.30. The number of unbranched alkanes of at least 4 members (excludes halogenated alkanes) is 36. The Morgan fingerprint density at radius 1 is 0.269 bits per heavy atom. The molecule has 1 unspecified atom stereocenters. The van der Waals surface area contributed by atoms with Gasteiger partial charge in [-0.3, -0.25) is 14.4 Å². The number of esters is 3. The van der Waals surface area contributed by atoms with Crippen molar-refractivity contribution in [3.63, 3.8) is 0 Å². The van der Waals surface area contributed by atoms with E-state index in [0.717, 1.165) is 109 Å². The van der Waals surface area contributed by atoms with E-state index in [-0.39, 0.29) is 31.1 Å². The summed E-state index contributed by atoms with van der Waals surface area (Å²) < 4.78 is 16.8. The third kappa shape index (κ3) is 63.4. The molecule has 0 fully saturated rings. The average Bonchev–Trinajstić information content (AvgIpc) is 3.44. The van der Waals surface area contributed by atoms with E-state index < -0.39 is 6.10 Å². The van der Waals surface area contributed by atoms with E-state index in [1.165, 1.54) is 186 Å². The number of hydrogen-bond donors (Lipinski definition) is 0. The largest absolute Gasteiger partial charge is 0.462 e. The molecule has 450 valence electrons. The van der Waals surface area contributed by atoms with Crippen LogP contribution in [0.3, 0.4) is 0 Å². The van der Waals surface area contributed by atoms with Crippen LogP contribution < -0.4 is 0 Å². The molecular formula is C72H126O6. The van der Waals surface area contributed by atoms with E-state index in [1.807, 2.05) is 0 Å². The van der Waals surface area contributed by atoms with Crippen LogP contribution in [0.5, 0.6) is 0 Å². The molecule has 0 aliphatic rings. The van der Waals surface area contributed by atoms with E-state index in [9.17, 15) is 14.4 Å². The van der Waals surface area contributed by atoms with Gasteiger partial charge in [0.1, 0.15) is 13.2 Å². The summed E-state index contributed by atoms with van der Waals surface area (Å²) in [6, 6.07) is 0. The molecule has 0 rings (SSSR count). The Balaban J connectivity index is 3.96. The topological polar surface area (TPSA) is 78.9 Å². The first kappa shape index (κ1) is 74.6. The number of ether oxygens (including phenoxy) is 3. The van der Waals surface area contributed by atoms with Crippen LogP contribution in [0.2, 0.25) is 0 Å². The van der Waals surface area contributed by atoms with E-state index in [1.54, 1.807) is 0 Å². The molecule has 0 heterocycles. The lowest BCUT2D eigenvalue weighted by molar-refractivity contribution is -0.167. The van der Waals surface area contributed by atoms with E-state index in [0.29, 0.717) is 19.3 Å². The zero-order chi connectivity index (χ0) is 56.4. The van der Waals surface area contributed by atoms with Crippen molar-refractivity contribution in [2.75, 3.05) is 13.2 Å². The maximum absolute atomic E-state index is 12.8. The maximum Gasteiger partial charge on any atom is 0.306 e. The molecule has 0 aromatic carbocycles. The fourth-order valence-electron chi connectivity index (χ4n) is 9.62. The molecule has 0 spiro atoms. The van der Waals surface area contributed by atoms with Crippen LogP contribution in [0.4, 0.5) is 0 Å². The van der Waals surface area contributed by atoms with Crippen molar-refractivity contribution in [1.29, 1.82) is 0 Å².